The fraction of sp³-hybridized carbons (Fsp3) is 0.154. The maximum atomic E-state index is 12.0. The van der Waals surface area contributed by atoms with Gasteiger partial charge in [-0.2, -0.15) is 0 Å². The zero-order valence-electron chi connectivity index (χ0n) is 18.4. The number of furan rings is 1. The van der Waals surface area contributed by atoms with E-state index in [1.54, 1.807) is 30.6 Å². The van der Waals surface area contributed by atoms with Gasteiger partial charge in [0.25, 0.3) is 0 Å². The number of aromatic nitrogens is 2. The molecule has 170 valence electrons. The van der Waals surface area contributed by atoms with E-state index in [1.165, 1.54) is 7.11 Å². The third kappa shape index (κ3) is 4.27. The van der Waals surface area contributed by atoms with E-state index in [1.807, 2.05) is 54.6 Å². The highest BCUT2D eigenvalue weighted by Crippen LogP contribution is 2.41. The van der Waals surface area contributed by atoms with E-state index in [0.717, 1.165) is 22.7 Å². The summed E-state index contributed by atoms with van der Waals surface area (Å²) in [6.07, 6.45) is 3.54. The molecular weight excluding hydrogens is 448 g/mol. The highest BCUT2D eigenvalue weighted by atomic mass is 32.1. The SMILES string of the molecule is COC(=O)c1cccc(-c2ccc([C@@H]3[C@@H](c4ccccn4)NC(=S)N3Cc3ccccn3)o2)c1. The highest BCUT2D eigenvalue weighted by Gasteiger charge is 2.41. The largest absolute Gasteiger partial charge is 0.465 e. The van der Waals surface area contributed by atoms with Gasteiger partial charge in [-0.15, -0.1) is 0 Å². The zero-order chi connectivity index (χ0) is 23.5. The summed E-state index contributed by atoms with van der Waals surface area (Å²) in [5, 5.41) is 4.02. The van der Waals surface area contributed by atoms with Crippen molar-refractivity contribution in [3.05, 3.63) is 108 Å². The fourth-order valence-electron chi connectivity index (χ4n) is 4.14. The Morgan fingerprint density at radius 2 is 1.88 bits per heavy atom. The van der Waals surface area contributed by atoms with Gasteiger partial charge in [-0.25, -0.2) is 4.79 Å². The lowest BCUT2D eigenvalue weighted by Gasteiger charge is -2.25. The van der Waals surface area contributed by atoms with Crippen LogP contribution in [0, 0.1) is 0 Å². The zero-order valence-corrected chi connectivity index (χ0v) is 19.2. The van der Waals surface area contributed by atoms with Crippen LogP contribution in [0.5, 0.6) is 0 Å². The normalized spacial score (nSPS) is 17.4. The minimum absolute atomic E-state index is 0.196. The lowest BCUT2D eigenvalue weighted by Crippen LogP contribution is -2.29. The predicted octanol–water partition coefficient (Wildman–Crippen LogP) is 4.70. The molecule has 0 bridgehead atoms. The van der Waals surface area contributed by atoms with E-state index in [-0.39, 0.29) is 12.1 Å². The maximum absolute atomic E-state index is 12.0. The van der Waals surface area contributed by atoms with Crippen molar-refractivity contribution in [2.75, 3.05) is 7.11 Å². The van der Waals surface area contributed by atoms with Crippen LogP contribution >= 0.6 is 12.2 Å². The van der Waals surface area contributed by atoms with Gasteiger partial charge in [0.05, 0.1) is 36.6 Å². The van der Waals surface area contributed by atoms with E-state index in [9.17, 15) is 4.79 Å². The molecule has 4 heterocycles. The first-order valence-corrected chi connectivity index (χ1v) is 11.2. The van der Waals surface area contributed by atoms with E-state index < -0.39 is 5.97 Å². The van der Waals surface area contributed by atoms with Crippen molar-refractivity contribution < 1.29 is 13.9 Å². The summed E-state index contributed by atoms with van der Waals surface area (Å²) in [6.45, 7) is 0.522. The first kappa shape index (κ1) is 21.8. The molecule has 3 aromatic heterocycles. The van der Waals surface area contributed by atoms with Crippen LogP contribution in [-0.4, -0.2) is 33.1 Å². The van der Waals surface area contributed by atoms with Crippen LogP contribution in [0.2, 0.25) is 0 Å². The third-order valence-corrected chi connectivity index (χ3v) is 6.10. The molecule has 1 fully saturated rings. The quantitative estimate of drug-likeness (QED) is 0.321. The first-order chi connectivity index (χ1) is 16.6. The van der Waals surface area contributed by atoms with Crippen molar-refractivity contribution >= 4 is 23.3 Å². The lowest BCUT2D eigenvalue weighted by molar-refractivity contribution is 0.0601. The molecule has 0 amide bonds. The van der Waals surface area contributed by atoms with Crippen molar-refractivity contribution in [1.29, 1.82) is 0 Å². The molecule has 7 nitrogen and oxygen atoms in total. The number of nitrogens with zero attached hydrogens (tertiary/aromatic N) is 3. The topological polar surface area (TPSA) is 80.5 Å². The Morgan fingerprint density at radius 3 is 2.62 bits per heavy atom. The van der Waals surface area contributed by atoms with Crippen LogP contribution in [0.4, 0.5) is 0 Å². The summed E-state index contributed by atoms with van der Waals surface area (Å²) in [6, 6.07) is 22.2. The number of carbonyl (C=O) groups is 1. The standard InChI is InChI=1S/C26H22N4O3S/c1-32-25(31)18-8-6-7-17(15-18)21-11-12-22(33-21)24-23(20-10-3-5-14-28-20)29-26(34)30(24)16-19-9-2-4-13-27-19/h2-15,23-24H,16H2,1H3,(H,29,34)/t23-,24-/m1/s1. The second-order valence-corrected chi connectivity index (χ2v) is 8.24. The summed E-state index contributed by atoms with van der Waals surface area (Å²) >= 11 is 5.72. The van der Waals surface area contributed by atoms with E-state index in [2.05, 4.69) is 20.2 Å². The van der Waals surface area contributed by atoms with Crippen LogP contribution < -0.4 is 5.32 Å². The van der Waals surface area contributed by atoms with Crippen molar-refractivity contribution in [2.45, 2.75) is 18.6 Å². The molecule has 1 aliphatic heterocycles. The second kappa shape index (κ2) is 9.44. The Hall–Kier alpha value is -4.04. The van der Waals surface area contributed by atoms with Gasteiger partial charge in [0.15, 0.2) is 5.11 Å². The fourth-order valence-corrected chi connectivity index (χ4v) is 4.44. The minimum Gasteiger partial charge on any atom is -0.465 e. The molecule has 1 saturated heterocycles. The minimum atomic E-state index is -0.393. The molecule has 1 N–H and O–H groups in total. The molecule has 1 aliphatic rings. The summed E-state index contributed by atoms with van der Waals surface area (Å²) in [4.78, 5) is 23.1. The number of ether oxygens (including phenoxy) is 1. The Labute approximate surface area is 202 Å². The van der Waals surface area contributed by atoms with Crippen LogP contribution in [0.15, 0.2) is 89.6 Å². The number of rotatable bonds is 6. The van der Waals surface area contributed by atoms with E-state index >= 15 is 0 Å². The van der Waals surface area contributed by atoms with E-state index in [0.29, 0.717) is 23.0 Å². The Balaban J connectivity index is 1.52. The number of hydrogen-bond acceptors (Lipinski definition) is 6. The number of esters is 1. The van der Waals surface area contributed by atoms with Gasteiger partial charge in [-0.05, 0) is 60.7 Å². The second-order valence-electron chi connectivity index (χ2n) is 7.85. The number of pyridine rings is 2. The molecule has 0 spiro atoms. The van der Waals surface area contributed by atoms with Crippen molar-refractivity contribution in [2.24, 2.45) is 0 Å². The van der Waals surface area contributed by atoms with Crippen LogP contribution in [0.1, 0.15) is 39.6 Å². The van der Waals surface area contributed by atoms with Gasteiger partial charge in [-0.1, -0.05) is 24.3 Å². The van der Waals surface area contributed by atoms with Gasteiger partial charge in [0, 0.05) is 18.0 Å². The molecular formula is C26H22N4O3S. The maximum Gasteiger partial charge on any atom is 0.337 e. The van der Waals surface area contributed by atoms with Gasteiger partial charge in [-0.3, -0.25) is 9.97 Å². The molecule has 34 heavy (non-hydrogen) atoms. The monoisotopic (exact) mass is 470 g/mol. The number of methoxy groups -OCH3 is 1. The third-order valence-electron chi connectivity index (χ3n) is 5.74. The molecule has 0 radical (unpaired) electrons. The van der Waals surface area contributed by atoms with Crippen molar-refractivity contribution in [1.82, 2.24) is 20.2 Å². The van der Waals surface area contributed by atoms with Crippen molar-refractivity contribution in [3.8, 4) is 11.3 Å². The molecule has 2 atom stereocenters. The van der Waals surface area contributed by atoms with Gasteiger partial charge in [0.2, 0.25) is 0 Å². The highest BCUT2D eigenvalue weighted by molar-refractivity contribution is 7.80. The molecule has 1 aromatic carbocycles. The Kier molecular flexibility index (Phi) is 6.05. The molecule has 8 heteroatoms. The van der Waals surface area contributed by atoms with Gasteiger partial charge in [0.1, 0.15) is 17.6 Å². The Bertz CT molecular complexity index is 1310. The summed E-state index contributed by atoms with van der Waals surface area (Å²) in [5.74, 6) is 0.990. The average molecular weight is 471 g/mol. The number of carbonyl (C=O) groups excluding carboxylic acids is 1. The predicted molar refractivity (Wildman–Crippen MR) is 131 cm³/mol. The molecule has 0 unspecified atom stereocenters. The molecule has 0 aliphatic carbocycles. The number of nitrogens with one attached hydrogen (secondary N) is 1. The van der Waals surface area contributed by atoms with Crippen LogP contribution in [-0.2, 0) is 11.3 Å². The number of benzene rings is 1. The number of thiocarbonyl (C=S) groups is 1. The van der Waals surface area contributed by atoms with Gasteiger partial charge < -0.3 is 19.4 Å². The van der Waals surface area contributed by atoms with Crippen LogP contribution in [0.3, 0.4) is 0 Å². The molecule has 0 saturated carbocycles. The molecule has 5 rings (SSSR count). The molecule has 4 aromatic rings. The summed E-state index contributed by atoms with van der Waals surface area (Å²) in [7, 11) is 1.37. The Morgan fingerprint density at radius 1 is 1.06 bits per heavy atom. The van der Waals surface area contributed by atoms with Crippen molar-refractivity contribution in [3.63, 3.8) is 0 Å². The summed E-state index contributed by atoms with van der Waals surface area (Å²) < 4.78 is 11.2. The van der Waals surface area contributed by atoms with Crippen LogP contribution in [0.25, 0.3) is 11.3 Å². The lowest BCUT2D eigenvalue weighted by atomic mass is 10.0. The first-order valence-electron chi connectivity index (χ1n) is 10.8. The smallest absolute Gasteiger partial charge is 0.337 e. The number of hydrogen-bond donors (Lipinski definition) is 1. The van der Waals surface area contributed by atoms with Gasteiger partial charge >= 0.3 is 5.97 Å². The average Bonchev–Trinajstić information content (AvgIpc) is 3.50. The van der Waals surface area contributed by atoms with E-state index in [4.69, 9.17) is 21.4 Å². The summed E-state index contributed by atoms with van der Waals surface area (Å²) in [5.41, 5.74) is 3.01.